The van der Waals surface area contributed by atoms with E-state index < -0.39 is 26.6 Å². The minimum absolute atomic E-state index is 0.234. The van der Waals surface area contributed by atoms with Crippen LogP contribution < -0.4 is 15.0 Å². The van der Waals surface area contributed by atoms with Gasteiger partial charge in [-0.25, -0.2) is 12.8 Å². The lowest BCUT2D eigenvalue weighted by atomic mass is 10.1. The molecule has 0 heterocycles. The number of hydrogen-bond donors (Lipinski definition) is 2. The first-order valence-electron chi connectivity index (χ1n) is 8.09. The maximum atomic E-state index is 13.6. The lowest BCUT2D eigenvalue weighted by Gasteiger charge is -2.10. The molecule has 0 saturated carbocycles. The summed E-state index contributed by atoms with van der Waals surface area (Å²) in [5.41, 5.74) is 2.29. The molecule has 8 heteroatoms. The zero-order valence-electron chi connectivity index (χ0n) is 14.5. The standard InChI is InChI=1S/C18H21FN2O4S/c1-13(2)11-12-25-15-9-7-14(8-10-15)18(22)20-21-26(23,24)17-6-4-3-5-16(17)19/h3-10,13,21H,11-12H2,1-2H3,(H,20,22). The van der Waals surface area contributed by atoms with Crippen molar-refractivity contribution in [2.24, 2.45) is 5.92 Å². The molecule has 0 unspecified atom stereocenters. The summed E-state index contributed by atoms with van der Waals surface area (Å²) < 4.78 is 43.2. The summed E-state index contributed by atoms with van der Waals surface area (Å²) in [6, 6.07) is 11.2. The molecule has 0 aliphatic carbocycles. The van der Waals surface area contributed by atoms with Crippen LogP contribution in [0.25, 0.3) is 0 Å². The number of nitrogens with one attached hydrogen (secondary N) is 2. The van der Waals surface area contributed by atoms with Gasteiger partial charge in [0.05, 0.1) is 6.61 Å². The summed E-state index contributed by atoms with van der Waals surface area (Å²) in [6.45, 7) is 4.77. The highest BCUT2D eigenvalue weighted by atomic mass is 32.2. The first-order valence-corrected chi connectivity index (χ1v) is 9.57. The minimum Gasteiger partial charge on any atom is -0.494 e. The van der Waals surface area contributed by atoms with Gasteiger partial charge >= 0.3 is 0 Å². The molecule has 140 valence electrons. The Morgan fingerprint density at radius 1 is 1.12 bits per heavy atom. The Kier molecular flexibility index (Phi) is 6.70. The number of halogens is 1. The first-order chi connectivity index (χ1) is 12.3. The maximum Gasteiger partial charge on any atom is 0.266 e. The molecule has 0 bridgehead atoms. The van der Waals surface area contributed by atoms with Crippen LogP contribution >= 0.6 is 0 Å². The Morgan fingerprint density at radius 3 is 2.38 bits per heavy atom. The van der Waals surface area contributed by atoms with E-state index >= 15 is 0 Å². The molecule has 0 fully saturated rings. The molecule has 1 amide bonds. The number of rotatable bonds is 8. The molecule has 0 aliphatic rings. The van der Waals surface area contributed by atoms with Crippen LogP contribution in [0.2, 0.25) is 0 Å². The summed E-state index contributed by atoms with van der Waals surface area (Å²) in [4.78, 5) is 13.4. The fraction of sp³-hybridized carbons (Fsp3) is 0.278. The number of hydrogen-bond acceptors (Lipinski definition) is 4. The van der Waals surface area contributed by atoms with Crippen LogP contribution in [0, 0.1) is 11.7 Å². The molecule has 2 aromatic carbocycles. The van der Waals surface area contributed by atoms with Crippen LogP contribution in [-0.4, -0.2) is 20.9 Å². The van der Waals surface area contributed by atoms with Gasteiger partial charge in [0, 0.05) is 5.56 Å². The summed E-state index contributed by atoms with van der Waals surface area (Å²) in [5.74, 6) is -0.424. The average molecular weight is 380 g/mol. The Morgan fingerprint density at radius 2 is 1.77 bits per heavy atom. The molecule has 0 radical (unpaired) electrons. The van der Waals surface area contributed by atoms with Crippen molar-refractivity contribution in [3.05, 3.63) is 59.9 Å². The third-order valence-corrected chi connectivity index (χ3v) is 4.79. The summed E-state index contributed by atoms with van der Waals surface area (Å²) in [5, 5.41) is 0. The van der Waals surface area contributed by atoms with Gasteiger partial charge in [-0.05, 0) is 48.7 Å². The molecule has 26 heavy (non-hydrogen) atoms. The van der Waals surface area contributed by atoms with Gasteiger partial charge in [-0.2, -0.15) is 0 Å². The SMILES string of the molecule is CC(C)CCOc1ccc(C(=O)NNS(=O)(=O)c2ccccc2F)cc1. The van der Waals surface area contributed by atoms with Gasteiger partial charge in [0.2, 0.25) is 0 Å². The molecule has 0 atom stereocenters. The van der Waals surface area contributed by atoms with Crippen LogP contribution in [0.5, 0.6) is 5.75 Å². The highest BCUT2D eigenvalue weighted by Crippen LogP contribution is 2.14. The van der Waals surface area contributed by atoms with Gasteiger partial charge in [0.25, 0.3) is 15.9 Å². The smallest absolute Gasteiger partial charge is 0.266 e. The van der Waals surface area contributed by atoms with Crippen molar-refractivity contribution >= 4 is 15.9 Å². The van der Waals surface area contributed by atoms with E-state index in [0.29, 0.717) is 18.3 Å². The monoisotopic (exact) mass is 380 g/mol. The zero-order valence-corrected chi connectivity index (χ0v) is 15.3. The first kappa shape index (κ1) is 19.9. The molecule has 0 aliphatic heterocycles. The van der Waals surface area contributed by atoms with E-state index in [0.717, 1.165) is 18.6 Å². The van der Waals surface area contributed by atoms with Gasteiger partial charge in [-0.1, -0.05) is 26.0 Å². The number of sulfonamides is 1. The van der Waals surface area contributed by atoms with Crippen molar-refractivity contribution in [2.45, 2.75) is 25.2 Å². The number of benzene rings is 2. The van der Waals surface area contributed by atoms with E-state index in [2.05, 4.69) is 19.3 Å². The second-order valence-electron chi connectivity index (χ2n) is 6.05. The Hall–Kier alpha value is -2.45. The third kappa shape index (κ3) is 5.53. The van der Waals surface area contributed by atoms with Gasteiger partial charge in [-0.3, -0.25) is 10.2 Å². The molecule has 2 rings (SSSR count). The second kappa shape index (κ2) is 8.77. The van der Waals surface area contributed by atoms with E-state index in [9.17, 15) is 17.6 Å². The number of amides is 1. The third-order valence-electron chi connectivity index (χ3n) is 3.51. The Bertz CT molecular complexity index is 852. The molecular formula is C18H21FN2O4S. The van der Waals surface area contributed by atoms with E-state index in [-0.39, 0.29) is 5.56 Å². The highest BCUT2D eigenvalue weighted by molar-refractivity contribution is 7.89. The topological polar surface area (TPSA) is 84.5 Å². The van der Waals surface area contributed by atoms with Gasteiger partial charge in [0.1, 0.15) is 16.5 Å². The lowest BCUT2D eigenvalue weighted by Crippen LogP contribution is -2.41. The van der Waals surface area contributed by atoms with E-state index in [1.165, 1.54) is 24.3 Å². The molecular weight excluding hydrogens is 359 g/mol. The van der Waals surface area contributed by atoms with Crippen molar-refractivity contribution in [3.63, 3.8) is 0 Å². The van der Waals surface area contributed by atoms with E-state index in [1.54, 1.807) is 12.1 Å². The van der Waals surface area contributed by atoms with Crippen LogP contribution in [0.3, 0.4) is 0 Å². The van der Waals surface area contributed by atoms with Gasteiger partial charge < -0.3 is 4.74 Å². The molecule has 2 N–H and O–H groups in total. The quantitative estimate of drug-likeness (QED) is 0.690. The molecule has 0 spiro atoms. The molecule has 2 aromatic rings. The minimum atomic E-state index is -4.20. The zero-order chi connectivity index (χ0) is 19.2. The fourth-order valence-electron chi connectivity index (χ4n) is 2.02. The number of carbonyl (C=O) groups excluding carboxylic acids is 1. The largest absolute Gasteiger partial charge is 0.494 e. The Labute approximate surface area is 152 Å². The van der Waals surface area contributed by atoms with Crippen molar-refractivity contribution < 1.29 is 22.3 Å². The fourth-order valence-corrected chi connectivity index (χ4v) is 2.94. The van der Waals surface area contributed by atoms with Gasteiger partial charge in [0.15, 0.2) is 0 Å². The van der Waals surface area contributed by atoms with E-state index in [1.807, 2.05) is 4.83 Å². The summed E-state index contributed by atoms with van der Waals surface area (Å²) >= 11 is 0. The van der Waals surface area contributed by atoms with Crippen LogP contribution in [-0.2, 0) is 10.0 Å². The Balaban J connectivity index is 1.94. The molecule has 0 aromatic heterocycles. The maximum absolute atomic E-state index is 13.6. The number of carbonyl (C=O) groups is 1. The summed E-state index contributed by atoms with van der Waals surface area (Å²) in [6.07, 6.45) is 0.917. The van der Waals surface area contributed by atoms with Gasteiger partial charge in [-0.15, -0.1) is 4.83 Å². The highest BCUT2D eigenvalue weighted by Gasteiger charge is 2.19. The van der Waals surface area contributed by atoms with Crippen molar-refractivity contribution in [1.82, 2.24) is 10.3 Å². The molecule has 6 nitrogen and oxygen atoms in total. The summed E-state index contributed by atoms with van der Waals surface area (Å²) in [7, 11) is -4.20. The van der Waals surface area contributed by atoms with Crippen molar-refractivity contribution in [2.75, 3.05) is 6.61 Å². The average Bonchev–Trinajstić information content (AvgIpc) is 2.60. The predicted molar refractivity (Wildman–Crippen MR) is 95.6 cm³/mol. The van der Waals surface area contributed by atoms with Crippen LogP contribution in [0.1, 0.15) is 30.6 Å². The normalized spacial score (nSPS) is 11.4. The predicted octanol–water partition coefficient (Wildman–Crippen LogP) is 2.87. The molecule has 0 saturated heterocycles. The van der Waals surface area contributed by atoms with Crippen molar-refractivity contribution in [1.29, 1.82) is 0 Å². The second-order valence-corrected chi connectivity index (χ2v) is 7.70. The van der Waals surface area contributed by atoms with Crippen LogP contribution in [0.15, 0.2) is 53.4 Å². The van der Waals surface area contributed by atoms with Crippen LogP contribution in [0.4, 0.5) is 4.39 Å². The number of hydrazine groups is 1. The van der Waals surface area contributed by atoms with Crippen molar-refractivity contribution in [3.8, 4) is 5.75 Å². The van der Waals surface area contributed by atoms with E-state index in [4.69, 9.17) is 4.74 Å². The number of ether oxygens (including phenoxy) is 1. The lowest BCUT2D eigenvalue weighted by molar-refractivity contribution is 0.0945.